The molecule has 1 aliphatic heterocycles. The first-order valence-corrected chi connectivity index (χ1v) is 5.92. The zero-order valence-electron chi connectivity index (χ0n) is 10.6. The normalized spacial score (nSPS) is 27.9. The molecule has 1 amide bonds. The molecule has 0 aliphatic carbocycles. The summed E-state index contributed by atoms with van der Waals surface area (Å²) in [6.45, 7) is 12.1. The molecule has 0 bridgehead atoms. The molecule has 1 heterocycles. The van der Waals surface area contributed by atoms with Crippen LogP contribution < -0.4 is 5.32 Å². The van der Waals surface area contributed by atoms with Gasteiger partial charge < -0.3 is 10.2 Å². The maximum absolute atomic E-state index is 12.2. The van der Waals surface area contributed by atoms with E-state index in [1.165, 1.54) is 0 Å². The molecule has 0 aromatic heterocycles. The minimum atomic E-state index is -0.212. The van der Waals surface area contributed by atoms with E-state index in [-0.39, 0.29) is 5.41 Å². The van der Waals surface area contributed by atoms with Gasteiger partial charge in [0.05, 0.1) is 0 Å². The van der Waals surface area contributed by atoms with Crippen molar-refractivity contribution in [3.8, 4) is 0 Å². The number of nitrogens with zero attached hydrogens (tertiary/aromatic N) is 1. The van der Waals surface area contributed by atoms with E-state index in [9.17, 15) is 4.79 Å². The topological polar surface area (TPSA) is 32.3 Å². The summed E-state index contributed by atoms with van der Waals surface area (Å²) >= 11 is 0. The number of carbonyl (C=O) groups is 1. The van der Waals surface area contributed by atoms with Crippen LogP contribution in [-0.4, -0.2) is 36.0 Å². The van der Waals surface area contributed by atoms with E-state index in [0.29, 0.717) is 18.0 Å². The number of nitrogens with one attached hydrogen (secondary N) is 1. The molecule has 2 unspecified atom stereocenters. The highest BCUT2D eigenvalue weighted by atomic mass is 16.2. The highest BCUT2D eigenvalue weighted by molar-refractivity contribution is 5.82. The maximum Gasteiger partial charge on any atom is 0.228 e. The van der Waals surface area contributed by atoms with Crippen LogP contribution in [0.3, 0.4) is 0 Å². The van der Waals surface area contributed by atoms with Crippen LogP contribution in [0.4, 0.5) is 0 Å². The van der Waals surface area contributed by atoms with Gasteiger partial charge in [0.25, 0.3) is 0 Å². The van der Waals surface area contributed by atoms with Crippen molar-refractivity contribution in [2.24, 2.45) is 5.41 Å². The first kappa shape index (κ1) is 12.5. The number of rotatable bonds is 2. The van der Waals surface area contributed by atoms with Crippen LogP contribution >= 0.6 is 0 Å². The average molecular weight is 212 g/mol. The molecule has 3 heteroatoms. The van der Waals surface area contributed by atoms with E-state index in [0.717, 1.165) is 19.5 Å². The van der Waals surface area contributed by atoms with E-state index in [1.807, 2.05) is 18.7 Å². The molecular weight excluding hydrogens is 188 g/mol. The fourth-order valence-corrected chi connectivity index (χ4v) is 2.07. The molecule has 1 N–H and O–H groups in total. The molecule has 1 fully saturated rings. The van der Waals surface area contributed by atoms with E-state index < -0.39 is 0 Å². The highest BCUT2D eigenvalue weighted by Crippen LogP contribution is 2.24. The van der Waals surface area contributed by atoms with Crippen LogP contribution in [0.25, 0.3) is 0 Å². The summed E-state index contributed by atoms with van der Waals surface area (Å²) < 4.78 is 0. The number of carbonyl (C=O) groups excluding carboxylic acids is 1. The van der Waals surface area contributed by atoms with Crippen LogP contribution in [0.1, 0.15) is 41.0 Å². The van der Waals surface area contributed by atoms with Gasteiger partial charge in [-0.05, 0) is 20.3 Å². The molecule has 0 aromatic rings. The van der Waals surface area contributed by atoms with E-state index >= 15 is 0 Å². The van der Waals surface area contributed by atoms with E-state index in [1.54, 1.807) is 0 Å². The summed E-state index contributed by atoms with van der Waals surface area (Å²) in [5.41, 5.74) is -0.212. The SMILES string of the molecule is CCC(C)(C)C(=O)N1CC(C)NC(C)C1. The molecular formula is C12H24N2O. The van der Waals surface area contributed by atoms with Crippen molar-refractivity contribution in [2.75, 3.05) is 13.1 Å². The second kappa shape index (κ2) is 4.52. The van der Waals surface area contributed by atoms with Crippen LogP contribution in [0, 0.1) is 5.41 Å². The van der Waals surface area contributed by atoms with E-state index in [2.05, 4.69) is 26.1 Å². The fourth-order valence-electron chi connectivity index (χ4n) is 2.07. The Labute approximate surface area is 93.2 Å². The lowest BCUT2D eigenvalue weighted by atomic mass is 9.88. The van der Waals surface area contributed by atoms with E-state index in [4.69, 9.17) is 0 Å². The standard InChI is InChI=1S/C12H24N2O/c1-6-12(4,5)11(15)14-7-9(2)13-10(3)8-14/h9-10,13H,6-8H2,1-5H3. The Morgan fingerprint density at radius 1 is 1.33 bits per heavy atom. The van der Waals surface area contributed by atoms with Crippen LogP contribution in [-0.2, 0) is 4.79 Å². The van der Waals surface area contributed by atoms with Crippen molar-refractivity contribution in [3.05, 3.63) is 0 Å². The molecule has 1 aliphatic rings. The third-order valence-corrected chi connectivity index (χ3v) is 3.31. The van der Waals surface area contributed by atoms with Gasteiger partial charge in [-0.25, -0.2) is 0 Å². The Balaban J connectivity index is 2.67. The molecule has 0 aromatic carbocycles. The first-order chi connectivity index (χ1) is 6.86. The molecule has 0 saturated carbocycles. The molecule has 0 spiro atoms. The summed E-state index contributed by atoms with van der Waals surface area (Å²) in [5.74, 6) is 0.296. The number of amides is 1. The van der Waals surface area contributed by atoms with Crippen molar-refractivity contribution in [3.63, 3.8) is 0 Å². The Morgan fingerprint density at radius 2 is 1.80 bits per heavy atom. The van der Waals surface area contributed by atoms with Crippen LogP contribution in [0.2, 0.25) is 0 Å². The summed E-state index contributed by atoms with van der Waals surface area (Å²) in [7, 11) is 0. The second-order valence-corrected chi connectivity index (χ2v) is 5.42. The predicted molar refractivity (Wildman–Crippen MR) is 62.7 cm³/mol. The Hall–Kier alpha value is -0.570. The van der Waals surface area contributed by atoms with Crippen molar-refractivity contribution in [2.45, 2.75) is 53.1 Å². The molecule has 88 valence electrons. The molecule has 1 saturated heterocycles. The average Bonchev–Trinajstić information content (AvgIpc) is 2.15. The zero-order chi connectivity index (χ0) is 11.6. The van der Waals surface area contributed by atoms with Gasteiger partial charge in [-0.15, -0.1) is 0 Å². The van der Waals surface area contributed by atoms with Gasteiger partial charge in [0, 0.05) is 30.6 Å². The van der Waals surface area contributed by atoms with Gasteiger partial charge in [0.15, 0.2) is 0 Å². The minimum Gasteiger partial charge on any atom is -0.339 e. The molecule has 3 nitrogen and oxygen atoms in total. The summed E-state index contributed by atoms with van der Waals surface area (Å²) in [5, 5.41) is 3.44. The van der Waals surface area contributed by atoms with Crippen molar-refractivity contribution in [1.82, 2.24) is 10.2 Å². The third-order valence-electron chi connectivity index (χ3n) is 3.31. The number of hydrogen-bond donors (Lipinski definition) is 1. The van der Waals surface area contributed by atoms with Crippen molar-refractivity contribution >= 4 is 5.91 Å². The minimum absolute atomic E-state index is 0.212. The molecule has 15 heavy (non-hydrogen) atoms. The summed E-state index contributed by atoms with van der Waals surface area (Å²) in [4.78, 5) is 14.2. The lowest BCUT2D eigenvalue weighted by molar-refractivity contribution is -0.142. The summed E-state index contributed by atoms with van der Waals surface area (Å²) in [6.07, 6.45) is 0.901. The maximum atomic E-state index is 12.2. The number of piperazine rings is 1. The smallest absolute Gasteiger partial charge is 0.228 e. The van der Waals surface area contributed by atoms with Gasteiger partial charge in [0.1, 0.15) is 0 Å². The van der Waals surface area contributed by atoms with Crippen molar-refractivity contribution < 1.29 is 4.79 Å². The zero-order valence-corrected chi connectivity index (χ0v) is 10.6. The van der Waals surface area contributed by atoms with Crippen LogP contribution in [0.5, 0.6) is 0 Å². The lowest BCUT2D eigenvalue weighted by Crippen LogP contribution is -2.58. The monoisotopic (exact) mass is 212 g/mol. The van der Waals surface area contributed by atoms with Gasteiger partial charge in [-0.3, -0.25) is 4.79 Å². The van der Waals surface area contributed by atoms with Gasteiger partial charge in [-0.1, -0.05) is 20.8 Å². The largest absolute Gasteiger partial charge is 0.339 e. The van der Waals surface area contributed by atoms with Gasteiger partial charge in [0.2, 0.25) is 5.91 Å². The Bertz CT molecular complexity index is 228. The predicted octanol–water partition coefficient (Wildman–Crippen LogP) is 1.63. The lowest BCUT2D eigenvalue weighted by Gasteiger charge is -2.39. The van der Waals surface area contributed by atoms with Gasteiger partial charge in [-0.2, -0.15) is 0 Å². The molecule has 2 atom stereocenters. The van der Waals surface area contributed by atoms with Crippen molar-refractivity contribution in [1.29, 1.82) is 0 Å². The van der Waals surface area contributed by atoms with Gasteiger partial charge >= 0.3 is 0 Å². The first-order valence-electron chi connectivity index (χ1n) is 5.92. The second-order valence-electron chi connectivity index (χ2n) is 5.42. The Kier molecular flexibility index (Phi) is 3.77. The highest BCUT2D eigenvalue weighted by Gasteiger charge is 2.33. The molecule has 1 rings (SSSR count). The quantitative estimate of drug-likeness (QED) is 0.754. The van der Waals surface area contributed by atoms with Crippen LogP contribution in [0.15, 0.2) is 0 Å². The Morgan fingerprint density at radius 3 is 2.20 bits per heavy atom. The fraction of sp³-hybridized carbons (Fsp3) is 0.917. The number of hydrogen-bond acceptors (Lipinski definition) is 2. The molecule has 0 radical (unpaired) electrons. The summed E-state index contributed by atoms with van der Waals surface area (Å²) in [6, 6.07) is 0.815. The third kappa shape index (κ3) is 2.94.